The number of benzene rings is 8. The van der Waals surface area contributed by atoms with E-state index in [1.54, 1.807) is 0 Å². The normalized spacial score (nSPS) is 11.5. The van der Waals surface area contributed by atoms with Crippen LogP contribution < -0.4 is 4.90 Å². The highest BCUT2D eigenvalue weighted by molar-refractivity contribution is 7.26. The average molecular weight is 670 g/mol. The maximum Gasteiger partial charge on any atom is 0.144 e. The third-order valence-corrected chi connectivity index (χ3v) is 11.1. The van der Waals surface area contributed by atoms with Crippen LogP contribution in [0, 0.1) is 0 Å². The molecule has 0 fully saturated rings. The maximum atomic E-state index is 6.55. The van der Waals surface area contributed by atoms with Crippen molar-refractivity contribution in [2.24, 2.45) is 0 Å². The van der Waals surface area contributed by atoms with Gasteiger partial charge in [0.1, 0.15) is 11.2 Å². The molecule has 8 aromatic carbocycles. The average Bonchev–Trinajstić information content (AvgIpc) is 3.78. The molecular weight excluding hydrogens is 639 g/mol. The van der Waals surface area contributed by atoms with Crippen LogP contribution in [0.1, 0.15) is 0 Å². The van der Waals surface area contributed by atoms with Gasteiger partial charge in [-0.1, -0.05) is 133 Å². The fourth-order valence-corrected chi connectivity index (χ4v) is 8.64. The second-order valence-electron chi connectivity index (χ2n) is 12.9. The van der Waals surface area contributed by atoms with Crippen molar-refractivity contribution in [3.8, 4) is 33.4 Å². The van der Waals surface area contributed by atoms with Gasteiger partial charge in [0, 0.05) is 53.6 Å². The van der Waals surface area contributed by atoms with E-state index in [1.807, 2.05) is 17.4 Å². The Bertz CT molecular complexity index is 2830. The van der Waals surface area contributed by atoms with E-state index in [0.29, 0.717) is 0 Å². The number of para-hydroxylation sites is 1. The molecule has 240 valence electrons. The number of fused-ring (bicyclic) bond motifs is 7. The number of anilines is 3. The lowest BCUT2D eigenvalue weighted by Gasteiger charge is -2.26. The molecule has 51 heavy (non-hydrogen) atoms. The first-order valence-corrected chi connectivity index (χ1v) is 18.1. The van der Waals surface area contributed by atoms with Crippen molar-refractivity contribution in [2.45, 2.75) is 0 Å². The van der Waals surface area contributed by atoms with Gasteiger partial charge in [-0.25, -0.2) is 0 Å². The van der Waals surface area contributed by atoms with E-state index in [-0.39, 0.29) is 0 Å². The summed E-state index contributed by atoms with van der Waals surface area (Å²) >= 11 is 1.84. The summed E-state index contributed by atoms with van der Waals surface area (Å²) in [5.41, 5.74) is 12.4. The summed E-state index contributed by atoms with van der Waals surface area (Å²) in [6.45, 7) is 0. The van der Waals surface area contributed by atoms with Crippen LogP contribution in [0.3, 0.4) is 0 Å². The zero-order chi connectivity index (χ0) is 33.7. The van der Waals surface area contributed by atoms with Crippen LogP contribution in [-0.4, -0.2) is 0 Å². The van der Waals surface area contributed by atoms with Crippen LogP contribution in [0.15, 0.2) is 192 Å². The second kappa shape index (κ2) is 12.2. The van der Waals surface area contributed by atoms with Gasteiger partial charge in [0.15, 0.2) is 0 Å². The summed E-state index contributed by atoms with van der Waals surface area (Å²) in [6, 6.07) is 67.3. The van der Waals surface area contributed by atoms with Crippen molar-refractivity contribution in [3.05, 3.63) is 188 Å². The molecule has 0 unspecified atom stereocenters. The second-order valence-corrected chi connectivity index (χ2v) is 14.0. The Labute approximate surface area is 300 Å². The molecule has 2 heterocycles. The molecule has 0 saturated carbocycles. The van der Waals surface area contributed by atoms with Crippen LogP contribution in [0.25, 0.3) is 75.5 Å². The van der Waals surface area contributed by atoms with E-state index in [2.05, 4.69) is 187 Å². The monoisotopic (exact) mass is 669 g/mol. The van der Waals surface area contributed by atoms with Crippen LogP contribution in [0.5, 0.6) is 0 Å². The summed E-state index contributed by atoms with van der Waals surface area (Å²) in [5.74, 6) is 0. The van der Waals surface area contributed by atoms with E-state index in [1.165, 1.54) is 53.6 Å². The van der Waals surface area contributed by atoms with Gasteiger partial charge in [-0.2, -0.15) is 0 Å². The first kappa shape index (κ1) is 29.5. The van der Waals surface area contributed by atoms with Crippen molar-refractivity contribution < 1.29 is 4.42 Å². The molecule has 0 aliphatic heterocycles. The molecule has 0 amide bonds. The van der Waals surface area contributed by atoms with Crippen LogP contribution in [0.2, 0.25) is 0 Å². The number of furan rings is 1. The molecule has 0 atom stereocenters. The summed E-state index contributed by atoms with van der Waals surface area (Å²) in [6.07, 6.45) is 0. The fourth-order valence-electron chi connectivity index (χ4n) is 7.41. The molecule has 0 spiro atoms. The van der Waals surface area contributed by atoms with Crippen molar-refractivity contribution >= 4 is 70.5 Å². The molecule has 10 aromatic rings. The standard InChI is InChI=1S/C48H31NOS/c1-3-12-32(13-4-1)34-22-26-37(27-23-34)49(39-17-11-16-36(30-39)33-14-5-2-6-15-33)38-28-24-35(25-29-38)42-31-43-40-18-7-9-20-44(40)50-47(43)46-41-19-8-10-21-45(41)51-48(42)46/h1-31H. The van der Waals surface area contributed by atoms with E-state index >= 15 is 0 Å². The molecule has 10 rings (SSSR count). The Balaban J connectivity index is 1.13. The minimum atomic E-state index is 0.920. The number of hydrogen-bond donors (Lipinski definition) is 0. The van der Waals surface area contributed by atoms with Gasteiger partial charge < -0.3 is 9.32 Å². The molecule has 0 bridgehead atoms. The van der Waals surface area contributed by atoms with Gasteiger partial charge in [-0.3, -0.25) is 0 Å². The topological polar surface area (TPSA) is 16.4 Å². The highest BCUT2D eigenvalue weighted by atomic mass is 32.1. The minimum absolute atomic E-state index is 0.920. The molecule has 0 radical (unpaired) electrons. The minimum Gasteiger partial charge on any atom is -0.455 e. The lowest BCUT2D eigenvalue weighted by Crippen LogP contribution is -2.10. The van der Waals surface area contributed by atoms with Crippen molar-refractivity contribution in [3.63, 3.8) is 0 Å². The largest absolute Gasteiger partial charge is 0.455 e. The molecule has 0 saturated heterocycles. The summed E-state index contributed by atoms with van der Waals surface area (Å²) in [7, 11) is 0. The smallest absolute Gasteiger partial charge is 0.144 e. The quantitative estimate of drug-likeness (QED) is 0.175. The highest BCUT2D eigenvalue weighted by Crippen LogP contribution is 2.47. The van der Waals surface area contributed by atoms with Crippen molar-refractivity contribution in [1.82, 2.24) is 0 Å². The van der Waals surface area contributed by atoms with Gasteiger partial charge in [0.05, 0.1) is 0 Å². The molecule has 2 aromatic heterocycles. The third-order valence-electron chi connectivity index (χ3n) is 9.87. The van der Waals surface area contributed by atoms with Gasteiger partial charge in [0.25, 0.3) is 0 Å². The Morgan fingerprint density at radius 2 is 0.961 bits per heavy atom. The van der Waals surface area contributed by atoms with Crippen LogP contribution >= 0.6 is 11.3 Å². The lowest BCUT2D eigenvalue weighted by molar-refractivity contribution is 0.673. The molecule has 0 aliphatic rings. The van der Waals surface area contributed by atoms with Gasteiger partial charge in [-0.05, 0) is 82.4 Å². The maximum absolute atomic E-state index is 6.55. The number of nitrogens with zero attached hydrogens (tertiary/aromatic N) is 1. The van der Waals surface area contributed by atoms with Gasteiger partial charge >= 0.3 is 0 Å². The van der Waals surface area contributed by atoms with Crippen LogP contribution in [0.4, 0.5) is 17.1 Å². The van der Waals surface area contributed by atoms with E-state index in [0.717, 1.165) is 39.0 Å². The van der Waals surface area contributed by atoms with Crippen molar-refractivity contribution in [2.75, 3.05) is 4.90 Å². The summed E-state index contributed by atoms with van der Waals surface area (Å²) in [5, 5.41) is 4.73. The highest BCUT2D eigenvalue weighted by Gasteiger charge is 2.20. The Hall–Kier alpha value is -6.42. The predicted molar refractivity (Wildman–Crippen MR) is 218 cm³/mol. The Kier molecular flexibility index (Phi) is 7.04. The van der Waals surface area contributed by atoms with Gasteiger partial charge in [0.2, 0.25) is 0 Å². The Morgan fingerprint density at radius 1 is 0.392 bits per heavy atom. The molecule has 0 N–H and O–H groups in total. The van der Waals surface area contributed by atoms with Crippen LogP contribution in [-0.2, 0) is 0 Å². The Morgan fingerprint density at radius 3 is 1.69 bits per heavy atom. The first-order valence-electron chi connectivity index (χ1n) is 17.3. The first-order chi connectivity index (χ1) is 25.3. The number of hydrogen-bond acceptors (Lipinski definition) is 3. The zero-order valence-electron chi connectivity index (χ0n) is 27.7. The van der Waals surface area contributed by atoms with Gasteiger partial charge in [-0.15, -0.1) is 11.3 Å². The lowest BCUT2D eigenvalue weighted by atomic mass is 9.98. The SMILES string of the molecule is c1ccc(-c2ccc(N(c3ccc(-c4cc5c6ccccc6oc5c5c4sc4ccccc45)cc3)c3cccc(-c4ccccc4)c3)cc2)cc1. The van der Waals surface area contributed by atoms with E-state index in [9.17, 15) is 0 Å². The van der Waals surface area contributed by atoms with E-state index < -0.39 is 0 Å². The summed E-state index contributed by atoms with van der Waals surface area (Å²) in [4.78, 5) is 2.35. The molecule has 0 aliphatic carbocycles. The fraction of sp³-hybridized carbons (Fsp3) is 0. The molecule has 2 nitrogen and oxygen atoms in total. The zero-order valence-corrected chi connectivity index (χ0v) is 28.5. The molecular formula is C48H31NOS. The van der Waals surface area contributed by atoms with Crippen molar-refractivity contribution in [1.29, 1.82) is 0 Å². The number of thiophene rings is 1. The van der Waals surface area contributed by atoms with E-state index in [4.69, 9.17) is 4.42 Å². The third kappa shape index (κ3) is 5.10. The predicted octanol–water partition coefficient (Wildman–Crippen LogP) is 14.4. The number of rotatable bonds is 6. The summed E-state index contributed by atoms with van der Waals surface area (Å²) < 4.78 is 9.06. The molecule has 3 heteroatoms.